The van der Waals surface area contributed by atoms with E-state index in [0.29, 0.717) is 13.0 Å². The molecule has 0 amide bonds. The minimum atomic E-state index is 0.0305. The molecule has 0 bridgehead atoms. The van der Waals surface area contributed by atoms with Crippen LogP contribution in [0.25, 0.3) is 0 Å². The van der Waals surface area contributed by atoms with Crippen molar-refractivity contribution in [3.63, 3.8) is 0 Å². The summed E-state index contributed by atoms with van der Waals surface area (Å²) in [4.78, 5) is 12.0. The number of esters is 1. The quantitative estimate of drug-likeness (QED) is 0.0497. The Hall–Kier alpha value is -0.530. The summed E-state index contributed by atoms with van der Waals surface area (Å²) in [6, 6.07) is 0. The highest BCUT2D eigenvalue weighted by atomic mass is 16.5. The first kappa shape index (κ1) is 44.5. The molecule has 0 N–H and O–H groups in total. The molecule has 0 aromatic heterocycles. The largest absolute Gasteiger partial charge is 0.466 e. The van der Waals surface area contributed by atoms with E-state index in [1.807, 2.05) is 0 Å². The van der Waals surface area contributed by atoms with Gasteiger partial charge in [0.2, 0.25) is 0 Å². The van der Waals surface area contributed by atoms with Gasteiger partial charge in [-0.25, -0.2) is 0 Å². The van der Waals surface area contributed by atoms with Crippen molar-refractivity contribution in [2.45, 2.75) is 258 Å². The smallest absolute Gasteiger partial charge is 0.305 e. The van der Waals surface area contributed by atoms with E-state index in [0.717, 1.165) is 18.8 Å². The summed E-state index contributed by atoms with van der Waals surface area (Å²) in [5.41, 5.74) is 0. The monoisotopic (exact) mass is 635 g/mol. The molecule has 270 valence electrons. The zero-order valence-corrected chi connectivity index (χ0v) is 31.8. The zero-order valence-electron chi connectivity index (χ0n) is 31.8. The molecule has 0 unspecified atom stereocenters. The summed E-state index contributed by atoms with van der Waals surface area (Å²) in [6.45, 7) is 7.61. The number of carbonyl (C=O) groups is 1. The van der Waals surface area contributed by atoms with Crippen LogP contribution in [0.4, 0.5) is 0 Å². The Balaban J connectivity index is 3.14. The number of rotatable bonds is 39. The van der Waals surface area contributed by atoms with E-state index < -0.39 is 0 Å². The lowest BCUT2D eigenvalue weighted by Crippen LogP contribution is -2.05. The summed E-state index contributed by atoms with van der Waals surface area (Å²) in [7, 11) is 0. The Kier molecular flexibility index (Phi) is 39.2. The predicted molar refractivity (Wildman–Crippen MR) is 202 cm³/mol. The Morgan fingerprint density at radius 3 is 0.956 bits per heavy atom. The van der Waals surface area contributed by atoms with Gasteiger partial charge in [-0.05, 0) is 18.8 Å². The van der Waals surface area contributed by atoms with Crippen molar-refractivity contribution in [2.75, 3.05) is 6.61 Å². The van der Waals surface area contributed by atoms with Crippen molar-refractivity contribution in [2.24, 2.45) is 5.92 Å². The lowest BCUT2D eigenvalue weighted by atomic mass is 10.0. The number of ether oxygens (including phenoxy) is 1. The Morgan fingerprint density at radius 1 is 0.378 bits per heavy atom. The fraction of sp³-hybridized carbons (Fsp3) is 0.977. The van der Waals surface area contributed by atoms with Gasteiger partial charge in [0, 0.05) is 6.42 Å². The second kappa shape index (κ2) is 39.6. The van der Waals surface area contributed by atoms with E-state index in [9.17, 15) is 4.79 Å². The van der Waals surface area contributed by atoms with Crippen LogP contribution < -0.4 is 0 Å². The van der Waals surface area contributed by atoms with E-state index in [2.05, 4.69) is 20.8 Å². The Morgan fingerprint density at radius 2 is 0.644 bits per heavy atom. The molecule has 0 atom stereocenters. The molecule has 0 saturated heterocycles. The SMILES string of the molecule is CCCCCCCCCCCCCCCCCC(=O)OCCCCCCCCCCCCCCCCCCCCCCC(C)C. The maximum atomic E-state index is 12.0. The average Bonchev–Trinajstić information content (AvgIpc) is 3.03. The van der Waals surface area contributed by atoms with Crippen LogP contribution in [-0.2, 0) is 9.53 Å². The van der Waals surface area contributed by atoms with Gasteiger partial charge in [-0.3, -0.25) is 4.79 Å². The molecule has 0 aromatic rings. The van der Waals surface area contributed by atoms with Crippen LogP contribution in [0, 0.1) is 5.92 Å². The van der Waals surface area contributed by atoms with E-state index >= 15 is 0 Å². The van der Waals surface area contributed by atoms with Gasteiger partial charge >= 0.3 is 5.97 Å². The topological polar surface area (TPSA) is 26.3 Å². The molecular formula is C43H86O2. The molecule has 0 aliphatic heterocycles. The summed E-state index contributed by atoms with van der Waals surface area (Å²) in [5, 5.41) is 0. The summed E-state index contributed by atoms with van der Waals surface area (Å²) >= 11 is 0. The van der Waals surface area contributed by atoms with Gasteiger partial charge < -0.3 is 4.74 Å². The number of carbonyl (C=O) groups excluding carboxylic acids is 1. The summed E-state index contributed by atoms with van der Waals surface area (Å²) < 4.78 is 5.47. The molecule has 0 radical (unpaired) electrons. The van der Waals surface area contributed by atoms with Crippen LogP contribution in [0.5, 0.6) is 0 Å². The van der Waals surface area contributed by atoms with Crippen LogP contribution in [0.2, 0.25) is 0 Å². The third-order valence-electron chi connectivity index (χ3n) is 9.92. The van der Waals surface area contributed by atoms with Crippen molar-refractivity contribution < 1.29 is 9.53 Å². The summed E-state index contributed by atoms with van der Waals surface area (Å²) in [5.74, 6) is 0.915. The van der Waals surface area contributed by atoms with E-state index in [-0.39, 0.29) is 5.97 Å². The normalized spacial score (nSPS) is 11.6. The van der Waals surface area contributed by atoms with Crippen LogP contribution in [-0.4, -0.2) is 12.6 Å². The molecule has 2 nitrogen and oxygen atoms in total. The summed E-state index contributed by atoms with van der Waals surface area (Å²) in [6.07, 6.45) is 50.5. The maximum absolute atomic E-state index is 12.0. The molecule has 0 rings (SSSR count). The van der Waals surface area contributed by atoms with Gasteiger partial charge in [0.25, 0.3) is 0 Å². The lowest BCUT2D eigenvalue weighted by Gasteiger charge is -2.06. The lowest BCUT2D eigenvalue weighted by molar-refractivity contribution is -0.143. The molecular weight excluding hydrogens is 548 g/mol. The van der Waals surface area contributed by atoms with Gasteiger partial charge in [0.05, 0.1) is 6.61 Å². The van der Waals surface area contributed by atoms with Crippen molar-refractivity contribution in [1.29, 1.82) is 0 Å². The minimum absolute atomic E-state index is 0.0305. The van der Waals surface area contributed by atoms with E-state index in [1.165, 1.54) is 218 Å². The van der Waals surface area contributed by atoms with E-state index in [4.69, 9.17) is 4.74 Å². The van der Waals surface area contributed by atoms with Gasteiger partial charge in [0.15, 0.2) is 0 Å². The molecule has 0 aliphatic carbocycles. The van der Waals surface area contributed by atoms with Crippen LogP contribution >= 0.6 is 0 Å². The first-order valence-electron chi connectivity index (χ1n) is 21.3. The Labute approximate surface area is 285 Å². The number of hydrogen-bond acceptors (Lipinski definition) is 2. The number of unbranched alkanes of at least 4 members (excludes halogenated alkanes) is 33. The second-order valence-electron chi connectivity index (χ2n) is 15.2. The minimum Gasteiger partial charge on any atom is -0.466 e. The molecule has 0 aromatic carbocycles. The highest BCUT2D eigenvalue weighted by Crippen LogP contribution is 2.17. The Bertz CT molecular complexity index is 542. The predicted octanol–water partition coefficient (Wildman–Crippen LogP) is 15.6. The van der Waals surface area contributed by atoms with Crippen LogP contribution in [0.15, 0.2) is 0 Å². The van der Waals surface area contributed by atoms with Crippen molar-refractivity contribution >= 4 is 5.97 Å². The van der Waals surface area contributed by atoms with Gasteiger partial charge in [0.1, 0.15) is 0 Å². The highest BCUT2D eigenvalue weighted by Gasteiger charge is 2.03. The first-order chi connectivity index (χ1) is 22.2. The van der Waals surface area contributed by atoms with Crippen LogP contribution in [0.1, 0.15) is 258 Å². The van der Waals surface area contributed by atoms with Gasteiger partial charge in [-0.15, -0.1) is 0 Å². The molecule has 0 aliphatic rings. The van der Waals surface area contributed by atoms with Gasteiger partial charge in [-0.1, -0.05) is 239 Å². The van der Waals surface area contributed by atoms with Crippen molar-refractivity contribution in [3.8, 4) is 0 Å². The fourth-order valence-corrected chi connectivity index (χ4v) is 6.74. The standard InChI is InChI=1S/C43H86O2/c1-4-5-6-7-8-9-10-11-18-22-25-28-31-34-37-40-43(44)45-41-38-35-32-29-26-23-20-17-15-13-12-14-16-19-21-24-27-30-33-36-39-42(2)3/h42H,4-41H2,1-3H3. The molecule has 2 heteroatoms. The van der Waals surface area contributed by atoms with Crippen molar-refractivity contribution in [1.82, 2.24) is 0 Å². The first-order valence-corrected chi connectivity index (χ1v) is 21.3. The van der Waals surface area contributed by atoms with Gasteiger partial charge in [-0.2, -0.15) is 0 Å². The van der Waals surface area contributed by atoms with E-state index in [1.54, 1.807) is 0 Å². The molecule has 0 spiro atoms. The molecule has 0 heterocycles. The fourth-order valence-electron chi connectivity index (χ4n) is 6.74. The number of hydrogen-bond donors (Lipinski definition) is 0. The zero-order chi connectivity index (χ0) is 32.7. The third kappa shape index (κ3) is 41.4. The second-order valence-corrected chi connectivity index (χ2v) is 15.2. The molecule has 45 heavy (non-hydrogen) atoms. The molecule has 0 saturated carbocycles. The van der Waals surface area contributed by atoms with Crippen LogP contribution in [0.3, 0.4) is 0 Å². The average molecular weight is 635 g/mol. The van der Waals surface area contributed by atoms with Crippen molar-refractivity contribution in [3.05, 3.63) is 0 Å². The highest BCUT2D eigenvalue weighted by molar-refractivity contribution is 5.69. The molecule has 0 fully saturated rings. The maximum Gasteiger partial charge on any atom is 0.305 e. The third-order valence-corrected chi connectivity index (χ3v) is 9.92.